The van der Waals surface area contributed by atoms with Gasteiger partial charge in [0.15, 0.2) is 5.96 Å². The van der Waals surface area contributed by atoms with Crippen LogP contribution in [0.5, 0.6) is 0 Å². The van der Waals surface area contributed by atoms with E-state index >= 15 is 0 Å². The Hall–Kier alpha value is -1.34. The lowest BCUT2D eigenvalue weighted by Gasteiger charge is -2.34. The largest absolute Gasteiger partial charge is 0.373 e. The molecule has 6 N–H and O–H groups in total. The van der Waals surface area contributed by atoms with Crippen molar-refractivity contribution in [2.24, 2.45) is 27.2 Å². The van der Waals surface area contributed by atoms with Gasteiger partial charge in [-0.3, -0.25) is 4.90 Å². The zero-order valence-corrected chi connectivity index (χ0v) is 9.88. The Morgan fingerprint density at radius 3 is 2.94 bits per heavy atom. The average Bonchev–Trinajstić information content (AvgIpc) is 2.72. The van der Waals surface area contributed by atoms with Gasteiger partial charge in [-0.2, -0.15) is 4.99 Å². The zero-order chi connectivity index (χ0) is 12.3. The van der Waals surface area contributed by atoms with Gasteiger partial charge in [0, 0.05) is 12.6 Å². The van der Waals surface area contributed by atoms with Crippen LogP contribution in [0.15, 0.2) is 9.98 Å². The van der Waals surface area contributed by atoms with Crippen LogP contribution >= 0.6 is 0 Å². The molecule has 0 radical (unpaired) electrons. The second kappa shape index (κ2) is 5.33. The third kappa shape index (κ3) is 3.31. The number of guanidine groups is 2. The molecule has 2 saturated heterocycles. The Kier molecular flexibility index (Phi) is 3.80. The van der Waals surface area contributed by atoms with Crippen molar-refractivity contribution in [1.29, 1.82) is 0 Å². The van der Waals surface area contributed by atoms with E-state index in [1.807, 2.05) is 0 Å². The number of rotatable bonds is 2. The van der Waals surface area contributed by atoms with Gasteiger partial charge in [0.2, 0.25) is 5.96 Å². The number of aliphatic imine (C=N–C) groups is 2. The van der Waals surface area contributed by atoms with Gasteiger partial charge in [0.25, 0.3) is 0 Å². The maximum atomic E-state index is 5.73. The summed E-state index contributed by atoms with van der Waals surface area (Å²) in [7, 11) is 0. The Morgan fingerprint density at radius 1 is 1.35 bits per heavy atom. The number of fused-ring (bicyclic) bond motifs is 1. The first-order chi connectivity index (χ1) is 8.15. The van der Waals surface area contributed by atoms with Crippen LogP contribution in [0.2, 0.25) is 0 Å². The Morgan fingerprint density at radius 2 is 2.18 bits per heavy atom. The minimum Gasteiger partial charge on any atom is -0.373 e. The van der Waals surface area contributed by atoms with Crippen molar-refractivity contribution in [3.8, 4) is 0 Å². The predicted molar refractivity (Wildman–Crippen MR) is 66.6 cm³/mol. The molecule has 0 aromatic heterocycles. The molecule has 0 spiro atoms. The van der Waals surface area contributed by atoms with E-state index in [-0.39, 0.29) is 18.0 Å². The number of nitrogens with two attached hydrogens (primary N) is 3. The molecule has 0 aliphatic carbocycles. The van der Waals surface area contributed by atoms with Gasteiger partial charge >= 0.3 is 0 Å². The van der Waals surface area contributed by atoms with Crippen LogP contribution in [0, 0.1) is 0 Å². The monoisotopic (exact) mass is 240 g/mol. The highest BCUT2D eigenvalue weighted by Gasteiger charge is 2.31. The topological polar surface area (TPSA) is 115 Å². The van der Waals surface area contributed by atoms with Crippen molar-refractivity contribution >= 4 is 11.9 Å². The first-order valence-corrected chi connectivity index (χ1v) is 5.90. The standard InChI is InChI=1S/C10H20N6O/c11-9(12)15-10(13)14-4-8-5-16-3-1-2-7(16)6-17-8/h7-8H,1-6H2,(H6,11,12,13,14,15). The first kappa shape index (κ1) is 12.1. The summed E-state index contributed by atoms with van der Waals surface area (Å²) in [6.45, 7) is 3.38. The van der Waals surface area contributed by atoms with E-state index in [1.54, 1.807) is 0 Å². The molecule has 0 amide bonds. The smallest absolute Gasteiger partial charge is 0.218 e. The summed E-state index contributed by atoms with van der Waals surface area (Å²) in [5.41, 5.74) is 15.9. The molecule has 2 aliphatic heterocycles. The zero-order valence-electron chi connectivity index (χ0n) is 9.88. The Balaban J connectivity index is 1.82. The van der Waals surface area contributed by atoms with Crippen LogP contribution in [0.1, 0.15) is 12.8 Å². The number of hydrogen-bond donors (Lipinski definition) is 3. The number of nitrogens with zero attached hydrogens (tertiary/aromatic N) is 3. The van der Waals surface area contributed by atoms with Crippen molar-refractivity contribution < 1.29 is 4.74 Å². The summed E-state index contributed by atoms with van der Waals surface area (Å²) in [4.78, 5) is 10.2. The molecule has 2 rings (SSSR count). The fraction of sp³-hybridized carbons (Fsp3) is 0.800. The molecule has 7 nitrogen and oxygen atoms in total. The number of morpholine rings is 1. The summed E-state index contributed by atoms with van der Waals surface area (Å²) >= 11 is 0. The molecule has 17 heavy (non-hydrogen) atoms. The summed E-state index contributed by atoms with van der Waals surface area (Å²) in [5, 5.41) is 0. The maximum Gasteiger partial charge on any atom is 0.218 e. The first-order valence-electron chi connectivity index (χ1n) is 5.90. The van der Waals surface area contributed by atoms with Crippen molar-refractivity contribution in [3.63, 3.8) is 0 Å². The molecule has 96 valence electrons. The van der Waals surface area contributed by atoms with Gasteiger partial charge in [-0.05, 0) is 19.4 Å². The van der Waals surface area contributed by atoms with Crippen LogP contribution in [0.4, 0.5) is 0 Å². The second-order valence-corrected chi connectivity index (χ2v) is 4.48. The van der Waals surface area contributed by atoms with Crippen LogP contribution < -0.4 is 17.2 Å². The summed E-state index contributed by atoms with van der Waals surface area (Å²) in [5.74, 6) is 0.0348. The molecular weight excluding hydrogens is 220 g/mol. The predicted octanol–water partition coefficient (Wildman–Crippen LogP) is -1.56. The number of ether oxygens (including phenoxy) is 1. The molecule has 7 heteroatoms. The number of hydrogen-bond acceptors (Lipinski definition) is 3. The third-order valence-corrected chi connectivity index (χ3v) is 3.16. The molecule has 2 fully saturated rings. The second-order valence-electron chi connectivity index (χ2n) is 4.48. The van der Waals surface area contributed by atoms with Gasteiger partial charge in [0.05, 0.1) is 19.3 Å². The lowest BCUT2D eigenvalue weighted by Crippen LogP contribution is -2.47. The van der Waals surface area contributed by atoms with Crippen LogP contribution in [-0.4, -0.2) is 55.2 Å². The highest BCUT2D eigenvalue weighted by atomic mass is 16.5. The van der Waals surface area contributed by atoms with E-state index < -0.39 is 0 Å². The lowest BCUT2D eigenvalue weighted by molar-refractivity contribution is -0.0431. The van der Waals surface area contributed by atoms with Gasteiger partial charge in [0.1, 0.15) is 0 Å². The Labute approximate surface area is 101 Å². The Bertz CT molecular complexity index is 325. The van der Waals surface area contributed by atoms with Gasteiger partial charge < -0.3 is 21.9 Å². The van der Waals surface area contributed by atoms with Crippen LogP contribution in [0.25, 0.3) is 0 Å². The fourth-order valence-corrected chi connectivity index (χ4v) is 2.36. The molecule has 0 aromatic carbocycles. The third-order valence-electron chi connectivity index (χ3n) is 3.16. The van der Waals surface area contributed by atoms with Gasteiger partial charge in [-0.1, -0.05) is 0 Å². The van der Waals surface area contributed by atoms with Crippen molar-refractivity contribution in [1.82, 2.24) is 4.90 Å². The molecule has 2 heterocycles. The highest BCUT2D eigenvalue weighted by Crippen LogP contribution is 2.22. The molecule has 2 atom stereocenters. The van der Waals surface area contributed by atoms with E-state index in [4.69, 9.17) is 21.9 Å². The molecule has 0 bridgehead atoms. The van der Waals surface area contributed by atoms with E-state index in [1.165, 1.54) is 12.8 Å². The SMILES string of the molecule is NC(N)=NC(N)=NCC1CN2CCCC2CO1. The highest BCUT2D eigenvalue weighted by molar-refractivity contribution is 5.92. The van der Waals surface area contributed by atoms with Crippen molar-refractivity contribution in [2.75, 3.05) is 26.2 Å². The van der Waals surface area contributed by atoms with E-state index in [0.717, 1.165) is 19.7 Å². The maximum absolute atomic E-state index is 5.73. The molecule has 0 aromatic rings. The molecule has 2 aliphatic rings. The van der Waals surface area contributed by atoms with E-state index in [9.17, 15) is 0 Å². The lowest BCUT2D eigenvalue weighted by atomic mass is 10.2. The van der Waals surface area contributed by atoms with Crippen LogP contribution in [-0.2, 0) is 4.74 Å². The van der Waals surface area contributed by atoms with Gasteiger partial charge in [-0.25, -0.2) is 4.99 Å². The van der Waals surface area contributed by atoms with Crippen molar-refractivity contribution in [3.05, 3.63) is 0 Å². The minimum absolute atomic E-state index is 0.0737. The van der Waals surface area contributed by atoms with Crippen LogP contribution in [0.3, 0.4) is 0 Å². The average molecular weight is 240 g/mol. The fourth-order valence-electron chi connectivity index (χ4n) is 2.36. The summed E-state index contributed by atoms with van der Waals surface area (Å²) in [6.07, 6.45) is 2.60. The van der Waals surface area contributed by atoms with Crippen molar-refractivity contribution in [2.45, 2.75) is 25.0 Å². The summed E-state index contributed by atoms with van der Waals surface area (Å²) < 4.78 is 5.73. The molecular formula is C10H20N6O. The summed E-state index contributed by atoms with van der Waals surface area (Å²) in [6, 6.07) is 0.602. The molecule has 0 saturated carbocycles. The van der Waals surface area contributed by atoms with E-state index in [2.05, 4.69) is 14.9 Å². The quantitative estimate of drug-likeness (QED) is 0.399. The normalized spacial score (nSPS) is 30.0. The van der Waals surface area contributed by atoms with E-state index in [0.29, 0.717) is 12.6 Å². The minimum atomic E-state index is -0.0737. The molecule has 2 unspecified atom stereocenters. The van der Waals surface area contributed by atoms with Gasteiger partial charge in [-0.15, -0.1) is 0 Å².